The number of hydrogen-bond acceptors (Lipinski definition) is 7. The smallest absolute Gasteiger partial charge is 0.334 e. The zero-order valence-corrected chi connectivity index (χ0v) is 19.3. The molecule has 0 amide bonds. The molecule has 1 saturated carbocycles. The van der Waals surface area contributed by atoms with Gasteiger partial charge in [0.15, 0.2) is 5.78 Å². The summed E-state index contributed by atoms with van der Waals surface area (Å²) in [5, 5.41) is 0. The third-order valence-corrected chi connectivity index (χ3v) is 6.91. The number of esters is 3. The van der Waals surface area contributed by atoms with Crippen molar-refractivity contribution in [2.24, 2.45) is 23.2 Å². The lowest BCUT2D eigenvalue weighted by Gasteiger charge is -2.39. The number of carbonyl (C=O) groups is 4. The predicted molar refractivity (Wildman–Crippen MR) is 116 cm³/mol. The van der Waals surface area contributed by atoms with Crippen LogP contribution in [0.5, 0.6) is 0 Å². The maximum atomic E-state index is 13.1. The number of ketones is 1. The number of ether oxygens (including phenoxy) is 3. The first-order valence-corrected chi connectivity index (χ1v) is 10.7. The van der Waals surface area contributed by atoms with E-state index in [1.54, 1.807) is 46.8 Å². The molecule has 0 aromatic heterocycles. The molecule has 7 atom stereocenters. The fraction of sp³-hybridized carbons (Fsp3) is 0.520. The molecule has 1 heterocycles. The lowest BCUT2D eigenvalue weighted by atomic mass is 9.67. The Hall–Kier alpha value is -2.96. The first-order chi connectivity index (χ1) is 14.9. The monoisotopic (exact) mass is 442 g/mol. The van der Waals surface area contributed by atoms with E-state index >= 15 is 0 Å². The van der Waals surface area contributed by atoms with Gasteiger partial charge in [-0.05, 0) is 46.6 Å². The summed E-state index contributed by atoms with van der Waals surface area (Å²) in [5.74, 6) is -3.65. The van der Waals surface area contributed by atoms with Crippen LogP contribution in [0.3, 0.4) is 0 Å². The van der Waals surface area contributed by atoms with Gasteiger partial charge in [-0.1, -0.05) is 31.2 Å². The maximum Gasteiger partial charge on any atom is 0.334 e. The van der Waals surface area contributed by atoms with Crippen LogP contribution in [-0.4, -0.2) is 42.0 Å². The molecule has 1 aliphatic heterocycles. The zero-order valence-electron chi connectivity index (χ0n) is 19.3. The molecular weight excluding hydrogens is 412 g/mol. The standard InChI is InChI=1S/C25H30O7/c1-8-13(4)23(28)32-22-19-15(6)24(29)31-21(19)20(30-18(27)11-12(2)3)14(5)16-9-10-17(26)25(16,22)7/h8-11,14,16,19-22H,6H2,1-5,7H3/b13-8-/t14-,16-,19+,20+,21-,22-,25-/m0/s1. The quantitative estimate of drug-likeness (QED) is 0.375. The highest BCUT2D eigenvalue weighted by molar-refractivity contribution is 5.99. The van der Waals surface area contributed by atoms with Crippen molar-refractivity contribution < 1.29 is 33.4 Å². The van der Waals surface area contributed by atoms with Crippen LogP contribution in [0.4, 0.5) is 0 Å². The van der Waals surface area contributed by atoms with Gasteiger partial charge in [0, 0.05) is 23.1 Å². The van der Waals surface area contributed by atoms with Gasteiger partial charge in [-0.2, -0.15) is 0 Å². The van der Waals surface area contributed by atoms with E-state index in [0.717, 1.165) is 5.57 Å². The van der Waals surface area contributed by atoms with Gasteiger partial charge in [-0.3, -0.25) is 4.79 Å². The minimum Gasteiger partial charge on any atom is -0.457 e. The van der Waals surface area contributed by atoms with Gasteiger partial charge in [-0.15, -0.1) is 0 Å². The average molecular weight is 443 g/mol. The van der Waals surface area contributed by atoms with Gasteiger partial charge in [0.2, 0.25) is 0 Å². The fourth-order valence-electron chi connectivity index (χ4n) is 5.00. The first kappa shape index (κ1) is 23.7. The van der Waals surface area contributed by atoms with Crippen LogP contribution in [0.15, 0.2) is 47.6 Å². The third-order valence-electron chi connectivity index (χ3n) is 6.91. The summed E-state index contributed by atoms with van der Waals surface area (Å²) in [7, 11) is 0. The Morgan fingerprint density at radius 2 is 1.84 bits per heavy atom. The Balaban J connectivity index is 2.14. The molecule has 0 N–H and O–H groups in total. The van der Waals surface area contributed by atoms with Crippen molar-refractivity contribution in [3.8, 4) is 0 Å². The molecule has 32 heavy (non-hydrogen) atoms. The molecule has 2 fully saturated rings. The minimum absolute atomic E-state index is 0.1000. The van der Waals surface area contributed by atoms with Crippen LogP contribution in [-0.2, 0) is 33.4 Å². The number of hydrogen-bond donors (Lipinski definition) is 0. The van der Waals surface area contributed by atoms with Gasteiger partial charge in [0.05, 0.1) is 11.3 Å². The SMILES string of the molecule is C=C1C(=O)O[C@@H]2[C@H](OC(=O)C=C(C)C)[C@@H](C)[C@@H]3C=CC(=O)[C@@]3(C)[C@@H](OC(=O)/C(C)=C\C)[C@H]12. The van der Waals surface area contributed by atoms with Crippen LogP contribution in [0.1, 0.15) is 41.5 Å². The van der Waals surface area contributed by atoms with E-state index in [1.807, 2.05) is 6.92 Å². The third kappa shape index (κ3) is 3.74. The molecule has 2 aliphatic carbocycles. The Labute approximate surface area is 188 Å². The molecule has 0 aromatic carbocycles. The van der Waals surface area contributed by atoms with E-state index in [0.29, 0.717) is 5.57 Å². The average Bonchev–Trinajstić information content (AvgIpc) is 3.16. The van der Waals surface area contributed by atoms with E-state index in [1.165, 1.54) is 12.2 Å². The fourth-order valence-corrected chi connectivity index (χ4v) is 5.00. The van der Waals surface area contributed by atoms with E-state index in [-0.39, 0.29) is 11.4 Å². The number of allylic oxidation sites excluding steroid dienone is 4. The first-order valence-electron chi connectivity index (χ1n) is 10.7. The summed E-state index contributed by atoms with van der Waals surface area (Å²) >= 11 is 0. The van der Waals surface area contributed by atoms with Crippen molar-refractivity contribution in [3.05, 3.63) is 47.6 Å². The van der Waals surface area contributed by atoms with E-state index in [2.05, 4.69) is 6.58 Å². The maximum absolute atomic E-state index is 13.1. The van der Waals surface area contributed by atoms with Crippen molar-refractivity contribution in [3.63, 3.8) is 0 Å². The van der Waals surface area contributed by atoms with E-state index in [4.69, 9.17) is 14.2 Å². The van der Waals surface area contributed by atoms with Gasteiger partial charge < -0.3 is 14.2 Å². The molecule has 3 rings (SSSR count). The minimum atomic E-state index is -1.17. The summed E-state index contributed by atoms with van der Waals surface area (Å²) in [6.45, 7) is 14.3. The van der Waals surface area contributed by atoms with Crippen LogP contribution in [0.2, 0.25) is 0 Å². The number of carbonyl (C=O) groups excluding carboxylic acids is 4. The summed E-state index contributed by atoms with van der Waals surface area (Å²) < 4.78 is 17.3. The van der Waals surface area contributed by atoms with Crippen molar-refractivity contribution >= 4 is 23.7 Å². The molecule has 0 aromatic rings. The molecule has 0 unspecified atom stereocenters. The number of fused-ring (bicyclic) bond motifs is 2. The summed E-state index contributed by atoms with van der Waals surface area (Å²) in [6, 6.07) is 0. The van der Waals surface area contributed by atoms with Gasteiger partial charge >= 0.3 is 17.9 Å². The molecule has 7 nitrogen and oxygen atoms in total. The lowest BCUT2D eigenvalue weighted by Crippen LogP contribution is -2.49. The Bertz CT molecular complexity index is 965. The van der Waals surface area contributed by atoms with E-state index in [9.17, 15) is 19.2 Å². The second kappa shape index (κ2) is 8.52. The molecular formula is C25H30O7. The summed E-state index contributed by atoms with van der Waals surface area (Å²) in [6.07, 6.45) is 3.42. The topological polar surface area (TPSA) is 96.0 Å². The molecule has 0 radical (unpaired) electrons. The second-order valence-electron chi connectivity index (χ2n) is 9.23. The summed E-state index contributed by atoms with van der Waals surface area (Å²) in [4.78, 5) is 51.0. The highest BCUT2D eigenvalue weighted by Crippen LogP contribution is 2.55. The van der Waals surface area contributed by atoms with Crippen LogP contribution < -0.4 is 0 Å². The molecule has 3 aliphatic rings. The highest BCUT2D eigenvalue weighted by Gasteiger charge is 2.65. The Kier molecular flexibility index (Phi) is 6.31. The second-order valence-corrected chi connectivity index (χ2v) is 9.23. The van der Waals surface area contributed by atoms with Gasteiger partial charge in [0.1, 0.15) is 18.3 Å². The van der Waals surface area contributed by atoms with Crippen molar-refractivity contribution in [2.45, 2.75) is 59.9 Å². The molecule has 0 spiro atoms. The summed E-state index contributed by atoms with van der Waals surface area (Å²) in [5.41, 5.74) is 0.0680. The largest absolute Gasteiger partial charge is 0.457 e. The molecule has 7 heteroatoms. The van der Waals surface area contributed by atoms with Crippen LogP contribution in [0, 0.1) is 23.2 Å². The van der Waals surface area contributed by atoms with Gasteiger partial charge in [-0.25, -0.2) is 14.4 Å². The normalized spacial score (nSPS) is 36.1. The zero-order chi connectivity index (χ0) is 24.0. The van der Waals surface area contributed by atoms with Crippen molar-refractivity contribution in [1.29, 1.82) is 0 Å². The Morgan fingerprint density at radius 1 is 1.19 bits per heavy atom. The van der Waals surface area contributed by atoms with Crippen molar-refractivity contribution in [2.75, 3.05) is 0 Å². The molecule has 0 bridgehead atoms. The highest BCUT2D eigenvalue weighted by atomic mass is 16.6. The number of rotatable bonds is 4. The van der Waals surface area contributed by atoms with Gasteiger partial charge in [0.25, 0.3) is 0 Å². The Morgan fingerprint density at radius 3 is 2.44 bits per heavy atom. The molecule has 172 valence electrons. The lowest BCUT2D eigenvalue weighted by molar-refractivity contribution is -0.166. The van der Waals surface area contributed by atoms with Crippen molar-refractivity contribution in [1.82, 2.24) is 0 Å². The van der Waals surface area contributed by atoms with E-state index < -0.39 is 59.4 Å². The van der Waals surface area contributed by atoms with Crippen LogP contribution >= 0.6 is 0 Å². The van der Waals surface area contributed by atoms with Crippen LogP contribution in [0.25, 0.3) is 0 Å². The molecule has 1 saturated heterocycles. The predicted octanol–water partition coefficient (Wildman–Crippen LogP) is 3.25.